The van der Waals surface area contributed by atoms with Crippen LogP contribution in [0.2, 0.25) is 0 Å². The Morgan fingerprint density at radius 1 is 1.39 bits per heavy atom. The molecular formula is C11H17F3O4. The molecular weight excluding hydrogens is 253 g/mol. The van der Waals surface area contributed by atoms with Crippen molar-refractivity contribution in [2.75, 3.05) is 6.61 Å². The molecule has 0 heterocycles. The van der Waals surface area contributed by atoms with Gasteiger partial charge in [-0.15, -0.1) is 0 Å². The van der Waals surface area contributed by atoms with Crippen LogP contribution in [0.4, 0.5) is 13.2 Å². The molecule has 106 valence electrons. The van der Waals surface area contributed by atoms with E-state index in [1.807, 2.05) is 0 Å². The number of carbonyl (C=O) groups is 1. The van der Waals surface area contributed by atoms with Gasteiger partial charge in [0, 0.05) is 6.42 Å². The van der Waals surface area contributed by atoms with Gasteiger partial charge in [0.2, 0.25) is 5.60 Å². The molecule has 0 spiro atoms. The van der Waals surface area contributed by atoms with Crippen LogP contribution in [0.15, 0.2) is 12.0 Å². The standard InChI is InChI=1S/C11H17F3O4/c1-4-8(16)7(3)10(17,11(12,13)14)9(6-15)18-5-2/h6-7,15,17H,4-5H2,1-3H3/b9-6+. The number of hydrogen-bond acceptors (Lipinski definition) is 4. The number of alkyl halides is 3. The molecule has 0 saturated heterocycles. The Labute approximate surface area is 103 Å². The summed E-state index contributed by atoms with van der Waals surface area (Å²) in [6, 6.07) is 0. The third-order valence-corrected chi connectivity index (χ3v) is 2.68. The molecule has 18 heavy (non-hydrogen) atoms. The van der Waals surface area contributed by atoms with E-state index in [0.717, 1.165) is 6.92 Å². The largest absolute Gasteiger partial charge is 0.512 e. The monoisotopic (exact) mass is 270 g/mol. The van der Waals surface area contributed by atoms with Crippen molar-refractivity contribution in [3.05, 3.63) is 12.0 Å². The molecule has 2 atom stereocenters. The average molecular weight is 270 g/mol. The third-order valence-electron chi connectivity index (χ3n) is 2.68. The van der Waals surface area contributed by atoms with Gasteiger partial charge in [-0.2, -0.15) is 13.2 Å². The van der Waals surface area contributed by atoms with Crippen molar-refractivity contribution in [3.63, 3.8) is 0 Å². The van der Waals surface area contributed by atoms with Gasteiger partial charge in [-0.3, -0.25) is 4.79 Å². The quantitative estimate of drug-likeness (QED) is 0.727. The molecule has 0 aromatic heterocycles. The highest BCUT2D eigenvalue weighted by Gasteiger charge is 2.62. The second-order valence-electron chi connectivity index (χ2n) is 3.73. The molecule has 4 nitrogen and oxygen atoms in total. The molecule has 0 aliphatic rings. The summed E-state index contributed by atoms with van der Waals surface area (Å²) in [5.74, 6) is -3.63. The maximum Gasteiger partial charge on any atom is 0.425 e. The molecule has 0 aromatic rings. The first-order valence-corrected chi connectivity index (χ1v) is 5.46. The van der Waals surface area contributed by atoms with Gasteiger partial charge in [-0.25, -0.2) is 0 Å². The maximum atomic E-state index is 13.0. The molecule has 7 heteroatoms. The van der Waals surface area contributed by atoms with E-state index in [9.17, 15) is 23.1 Å². The first kappa shape index (κ1) is 16.8. The molecule has 0 aliphatic heterocycles. The number of ether oxygens (including phenoxy) is 1. The summed E-state index contributed by atoms with van der Waals surface area (Å²) >= 11 is 0. The van der Waals surface area contributed by atoms with E-state index in [-0.39, 0.29) is 19.3 Å². The predicted octanol–water partition coefficient (Wildman–Crippen LogP) is 2.33. The highest BCUT2D eigenvalue weighted by Crippen LogP contribution is 2.42. The van der Waals surface area contributed by atoms with Crippen molar-refractivity contribution in [1.29, 1.82) is 0 Å². The molecule has 0 fully saturated rings. The lowest BCUT2D eigenvalue weighted by Gasteiger charge is -2.35. The number of rotatable bonds is 6. The smallest absolute Gasteiger partial charge is 0.425 e. The van der Waals surface area contributed by atoms with Gasteiger partial charge in [0.1, 0.15) is 12.0 Å². The minimum Gasteiger partial charge on any atom is -0.512 e. The third kappa shape index (κ3) is 2.95. The molecule has 0 aliphatic carbocycles. The maximum absolute atomic E-state index is 13.0. The number of ketones is 1. The van der Waals surface area contributed by atoms with Crippen molar-refractivity contribution in [1.82, 2.24) is 0 Å². The fraction of sp³-hybridized carbons (Fsp3) is 0.727. The molecule has 0 saturated carbocycles. The fourth-order valence-corrected chi connectivity index (χ4v) is 1.54. The van der Waals surface area contributed by atoms with Crippen LogP contribution >= 0.6 is 0 Å². The van der Waals surface area contributed by atoms with Crippen molar-refractivity contribution in [3.8, 4) is 0 Å². The van der Waals surface area contributed by atoms with Crippen molar-refractivity contribution >= 4 is 5.78 Å². The first-order chi connectivity index (χ1) is 8.16. The molecule has 2 unspecified atom stereocenters. The van der Waals surface area contributed by atoms with E-state index in [4.69, 9.17) is 5.11 Å². The Balaban J connectivity index is 5.65. The zero-order valence-electron chi connectivity index (χ0n) is 10.4. The topological polar surface area (TPSA) is 66.8 Å². The van der Waals surface area contributed by atoms with Gasteiger partial charge < -0.3 is 14.9 Å². The number of Topliss-reactive ketones (excluding diaryl/α,β-unsaturated/α-hetero) is 1. The van der Waals surface area contributed by atoms with E-state index in [1.54, 1.807) is 0 Å². The summed E-state index contributed by atoms with van der Waals surface area (Å²) < 4.78 is 43.5. The number of halogens is 3. The summed E-state index contributed by atoms with van der Waals surface area (Å²) in [5, 5.41) is 18.6. The summed E-state index contributed by atoms with van der Waals surface area (Å²) in [5.41, 5.74) is -3.52. The second kappa shape index (κ2) is 6.08. The second-order valence-corrected chi connectivity index (χ2v) is 3.73. The van der Waals surface area contributed by atoms with E-state index in [0.29, 0.717) is 0 Å². The normalized spacial score (nSPS) is 18.1. The number of hydrogen-bond donors (Lipinski definition) is 2. The van der Waals surface area contributed by atoms with Gasteiger partial charge in [0.15, 0.2) is 5.76 Å². The Bertz CT molecular complexity index is 325. The lowest BCUT2D eigenvalue weighted by atomic mass is 9.82. The van der Waals surface area contributed by atoms with Crippen LogP contribution in [-0.2, 0) is 9.53 Å². The summed E-state index contributed by atoms with van der Waals surface area (Å²) in [6.07, 6.45) is -5.26. The van der Waals surface area contributed by atoms with Crippen LogP contribution in [0.5, 0.6) is 0 Å². The molecule has 0 amide bonds. The van der Waals surface area contributed by atoms with Crippen LogP contribution in [0.1, 0.15) is 27.2 Å². The van der Waals surface area contributed by atoms with Crippen LogP contribution in [-0.4, -0.2) is 34.4 Å². The van der Waals surface area contributed by atoms with Gasteiger partial charge in [0.05, 0.1) is 12.5 Å². The van der Waals surface area contributed by atoms with E-state index >= 15 is 0 Å². The summed E-state index contributed by atoms with van der Waals surface area (Å²) in [4.78, 5) is 11.4. The average Bonchev–Trinajstić information content (AvgIpc) is 2.31. The van der Waals surface area contributed by atoms with E-state index in [1.165, 1.54) is 13.8 Å². The predicted molar refractivity (Wildman–Crippen MR) is 57.8 cm³/mol. The zero-order chi connectivity index (χ0) is 14.6. The molecule has 0 radical (unpaired) electrons. The van der Waals surface area contributed by atoms with Crippen molar-refractivity contribution in [2.24, 2.45) is 5.92 Å². The highest BCUT2D eigenvalue weighted by molar-refractivity contribution is 5.82. The van der Waals surface area contributed by atoms with Crippen molar-refractivity contribution < 1.29 is 32.9 Å². The van der Waals surface area contributed by atoms with Gasteiger partial charge in [-0.1, -0.05) is 13.8 Å². The molecule has 2 N–H and O–H groups in total. The van der Waals surface area contributed by atoms with Crippen molar-refractivity contribution in [2.45, 2.75) is 39.0 Å². The van der Waals surface area contributed by atoms with Crippen LogP contribution in [0.25, 0.3) is 0 Å². The Kier molecular flexibility index (Phi) is 5.66. The molecule has 0 aromatic carbocycles. The van der Waals surface area contributed by atoms with E-state index in [2.05, 4.69) is 4.74 Å². The minimum atomic E-state index is -5.14. The lowest BCUT2D eigenvalue weighted by molar-refractivity contribution is -0.271. The van der Waals surface area contributed by atoms with Gasteiger partial charge in [-0.05, 0) is 6.92 Å². The van der Waals surface area contributed by atoms with Gasteiger partial charge in [0.25, 0.3) is 0 Å². The van der Waals surface area contributed by atoms with Gasteiger partial charge >= 0.3 is 6.18 Å². The Morgan fingerprint density at radius 3 is 2.17 bits per heavy atom. The van der Waals surface area contributed by atoms with Crippen LogP contribution in [0.3, 0.4) is 0 Å². The van der Waals surface area contributed by atoms with Crippen LogP contribution < -0.4 is 0 Å². The number of aliphatic hydroxyl groups is 2. The highest BCUT2D eigenvalue weighted by atomic mass is 19.4. The molecule has 0 bridgehead atoms. The minimum absolute atomic E-state index is 0.0381. The summed E-state index contributed by atoms with van der Waals surface area (Å²) in [7, 11) is 0. The fourth-order valence-electron chi connectivity index (χ4n) is 1.54. The lowest BCUT2D eigenvalue weighted by Crippen LogP contribution is -2.55. The first-order valence-electron chi connectivity index (χ1n) is 5.46. The Morgan fingerprint density at radius 2 is 1.89 bits per heavy atom. The summed E-state index contributed by atoms with van der Waals surface area (Å²) in [6.45, 7) is 3.55. The number of aliphatic hydroxyl groups excluding tert-OH is 1. The van der Waals surface area contributed by atoms with Crippen LogP contribution in [0, 0.1) is 5.92 Å². The zero-order valence-corrected chi connectivity index (χ0v) is 10.4. The SMILES string of the molecule is CCO/C(=C/O)C(O)(C(C)C(=O)CC)C(F)(F)F. The Hall–Kier alpha value is -1.24. The molecule has 0 rings (SSSR count). The van der Waals surface area contributed by atoms with E-state index < -0.39 is 29.2 Å². The number of carbonyl (C=O) groups excluding carboxylic acids is 1.